The topological polar surface area (TPSA) is 21.3 Å². The van der Waals surface area contributed by atoms with E-state index < -0.39 is 0 Å². The summed E-state index contributed by atoms with van der Waals surface area (Å²) in [5, 5.41) is 3.69. The minimum atomic E-state index is 0.381. The molecule has 0 radical (unpaired) electrons. The molecule has 2 atom stereocenters. The van der Waals surface area contributed by atoms with E-state index in [9.17, 15) is 0 Å². The van der Waals surface area contributed by atoms with E-state index in [-0.39, 0.29) is 0 Å². The molecule has 2 heteroatoms. The van der Waals surface area contributed by atoms with Crippen LogP contribution in [0.15, 0.2) is 18.2 Å². The number of methoxy groups -OCH3 is 1. The predicted octanol–water partition coefficient (Wildman–Crippen LogP) is 3.54. The molecule has 0 spiro atoms. The fourth-order valence-electron chi connectivity index (χ4n) is 3.42. The zero-order valence-electron chi connectivity index (χ0n) is 11.2. The Bertz CT molecular complexity index is 416. The molecule has 0 bridgehead atoms. The highest BCUT2D eigenvalue weighted by Gasteiger charge is 2.24. The van der Waals surface area contributed by atoms with Crippen molar-refractivity contribution in [2.75, 3.05) is 12.4 Å². The lowest BCUT2D eigenvalue weighted by Gasteiger charge is -2.32. The zero-order valence-corrected chi connectivity index (χ0v) is 11.2. The fourth-order valence-corrected chi connectivity index (χ4v) is 3.42. The number of benzene rings is 1. The Morgan fingerprint density at radius 2 is 1.89 bits per heavy atom. The summed E-state index contributed by atoms with van der Waals surface area (Å²) in [6, 6.07) is 7.38. The van der Waals surface area contributed by atoms with Gasteiger partial charge in [-0.15, -0.1) is 0 Å². The second kappa shape index (κ2) is 5.31. The molecule has 2 nitrogen and oxygen atoms in total. The lowest BCUT2D eigenvalue weighted by atomic mass is 9.92. The molecule has 1 aromatic carbocycles. The molecular formula is C16H23NO. The van der Waals surface area contributed by atoms with Gasteiger partial charge in [-0.05, 0) is 55.4 Å². The first-order chi connectivity index (χ1) is 8.86. The van der Waals surface area contributed by atoms with Crippen LogP contribution in [0.3, 0.4) is 0 Å². The van der Waals surface area contributed by atoms with Gasteiger partial charge in [-0.3, -0.25) is 0 Å². The molecular weight excluding hydrogens is 222 g/mol. The maximum Gasteiger partial charge on any atom is 0.0772 e. The van der Waals surface area contributed by atoms with Crippen LogP contribution in [-0.4, -0.2) is 19.3 Å². The van der Waals surface area contributed by atoms with Crippen molar-refractivity contribution < 1.29 is 4.74 Å². The van der Waals surface area contributed by atoms with E-state index in [4.69, 9.17) is 4.74 Å². The van der Waals surface area contributed by atoms with Crippen LogP contribution in [0.5, 0.6) is 0 Å². The summed E-state index contributed by atoms with van der Waals surface area (Å²) < 4.78 is 5.61. The van der Waals surface area contributed by atoms with Crippen LogP contribution in [-0.2, 0) is 17.6 Å². The SMILES string of the molecule is CO[C@@H]1CCCC[C@@H]1Nc1ccc2c(c1)CCC2. The third-order valence-electron chi connectivity index (χ3n) is 4.46. The molecule has 0 heterocycles. The average Bonchev–Trinajstić information content (AvgIpc) is 2.87. The van der Waals surface area contributed by atoms with Gasteiger partial charge in [-0.1, -0.05) is 18.9 Å². The van der Waals surface area contributed by atoms with Crippen molar-refractivity contribution >= 4 is 5.69 Å². The van der Waals surface area contributed by atoms with Crippen molar-refractivity contribution in [3.63, 3.8) is 0 Å². The van der Waals surface area contributed by atoms with E-state index >= 15 is 0 Å². The summed E-state index contributed by atoms with van der Waals surface area (Å²) in [5.74, 6) is 0. The largest absolute Gasteiger partial charge is 0.380 e. The third-order valence-corrected chi connectivity index (χ3v) is 4.46. The van der Waals surface area contributed by atoms with Crippen molar-refractivity contribution in [3.8, 4) is 0 Å². The molecule has 3 rings (SSSR count). The zero-order chi connectivity index (χ0) is 12.4. The highest BCUT2D eigenvalue weighted by molar-refractivity contribution is 5.50. The first kappa shape index (κ1) is 12.0. The molecule has 0 saturated heterocycles. The van der Waals surface area contributed by atoms with Gasteiger partial charge >= 0.3 is 0 Å². The number of hydrogen-bond acceptors (Lipinski definition) is 2. The minimum Gasteiger partial charge on any atom is -0.380 e. The first-order valence-electron chi connectivity index (χ1n) is 7.28. The number of hydrogen-bond donors (Lipinski definition) is 1. The molecule has 1 fully saturated rings. The van der Waals surface area contributed by atoms with Gasteiger partial charge in [0.25, 0.3) is 0 Å². The Balaban J connectivity index is 1.71. The normalized spacial score (nSPS) is 26.9. The quantitative estimate of drug-likeness (QED) is 0.879. The molecule has 0 unspecified atom stereocenters. The van der Waals surface area contributed by atoms with E-state index in [0.29, 0.717) is 12.1 Å². The van der Waals surface area contributed by atoms with E-state index in [1.165, 1.54) is 50.6 Å². The van der Waals surface area contributed by atoms with Crippen LogP contribution < -0.4 is 5.32 Å². The van der Waals surface area contributed by atoms with Gasteiger partial charge in [0.05, 0.1) is 12.1 Å². The Hall–Kier alpha value is -1.02. The van der Waals surface area contributed by atoms with Crippen LogP contribution in [0.2, 0.25) is 0 Å². The number of fused-ring (bicyclic) bond motifs is 1. The van der Waals surface area contributed by atoms with E-state index in [2.05, 4.69) is 23.5 Å². The van der Waals surface area contributed by atoms with Gasteiger partial charge in [0, 0.05) is 12.8 Å². The summed E-state index contributed by atoms with van der Waals surface area (Å²) in [4.78, 5) is 0. The third kappa shape index (κ3) is 2.39. The monoisotopic (exact) mass is 245 g/mol. The fraction of sp³-hybridized carbons (Fsp3) is 0.625. The van der Waals surface area contributed by atoms with Crippen molar-refractivity contribution in [2.24, 2.45) is 0 Å². The van der Waals surface area contributed by atoms with Gasteiger partial charge in [0.1, 0.15) is 0 Å². The predicted molar refractivity (Wildman–Crippen MR) is 75.1 cm³/mol. The van der Waals surface area contributed by atoms with Crippen LogP contribution in [0.25, 0.3) is 0 Å². The second-order valence-corrected chi connectivity index (χ2v) is 5.65. The van der Waals surface area contributed by atoms with E-state index in [1.807, 2.05) is 7.11 Å². The number of ether oxygens (including phenoxy) is 1. The van der Waals surface area contributed by atoms with Crippen LogP contribution in [0, 0.1) is 0 Å². The number of nitrogens with one attached hydrogen (secondary N) is 1. The Morgan fingerprint density at radius 1 is 1.06 bits per heavy atom. The first-order valence-corrected chi connectivity index (χ1v) is 7.28. The highest BCUT2D eigenvalue weighted by atomic mass is 16.5. The summed E-state index contributed by atoms with van der Waals surface area (Å²) in [6.07, 6.45) is 9.27. The lowest BCUT2D eigenvalue weighted by molar-refractivity contribution is 0.0606. The number of rotatable bonds is 3. The van der Waals surface area contributed by atoms with Crippen molar-refractivity contribution in [1.29, 1.82) is 0 Å². The van der Waals surface area contributed by atoms with Gasteiger partial charge in [0.2, 0.25) is 0 Å². The molecule has 2 aliphatic rings. The molecule has 0 amide bonds. The molecule has 1 N–H and O–H groups in total. The summed E-state index contributed by atoms with van der Waals surface area (Å²) in [7, 11) is 1.84. The number of anilines is 1. The van der Waals surface area contributed by atoms with Crippen LogP contribution >= 0.6 is 0 Å². The van der Waals surface area contributed by atoms with E-state index in [0.717, 1.165) is 0 Å². The van der Waals surface area contributed by atoms with Gasteiger partial charge in [-0.2, -0.15) is 0 Å². The smallest absolute Gasteiger partial charge is 0.0772 e. The van der Waals surface area contributed by atoms with Crippen molar-refractivity contribution in [3.05, 3.63) is 29.3 Å². The van der Waals surface area contributed by atoms with E-state index in [1.54, 1.807) is 11.1 Å². The Kier molecular flexibility index (Phi) is 3.55. The van der Waals surface area contributed by atoms with Crippen LogP contribution in [0.4, 0.5) is 5.69 Å². The minimum absolute atomic E-state index is 0.381. The van der Waals surface area contributed by atoms with Crippen molar-refractivity contribution in [2.45, 2.75) is 57.1 Å². The summed E-state index contributed by atoms with van der Waals surface area (Å²) >= 11 is 0. The molecule has 98 valence electrons. The molecule has 2 aliphatic carbocycles. The molecule has 0 aromatic heterocycles. The maximum absolute atomic E-state index is 5.61. The molecule has 1 saturated carbocycles. The van der Waals surface area contributed by atoms with Gasteiger partial charge in [0.15, 0.2) is 0 Å². The number of aryl methyl sites for hydroxylation is 2. The van der Waals surface area contributed by atoms with Gasteiger partial charge < -0.3 is 10.1 Å². The standard InChI is InChI=1S/C16H23NO/c1-18-16-8-3-2-7-15(16)17-14-10-9-12-5-4-6-13(12)11-14/h9-11,15-17H,2-8H2,1H3/t15-,16+/m0/s1. The molecule has 1 aromatic rings. The Morgan fingerprint density at radius 3 is 2.78 bits per heavy atom. The van der Waals surface area contributed by atoms with Gasteiger partial charge in [-0.25, -0.2) is 0 Å². The summed E-state index contributed by atoms with van der Waals surface area (Å²) in [6.45, 7) is 0. The lowest BCUT2D eigenvalue weighted by Crippen LogP contribution is -2.37. The van der Waals surface area contributed by atoms with Crippen LogP contribution in [0.1, 0.15) is 43.2 Å². The highest BCUT2D eigenvalue weighted by Crippen LogP contribution is 2.28. The molecule has 18 heavy (non-hydrogen) atoms. The molecule has 0 aliphatic heterocycles. The second-order valence-electron chi connectivity index (χ2n) is 5.65. The van der Waals surface area contributed by atoms with Crippen molar-refractivity contribution in [1.82, 2.24) is 0 Å². The maximum atomic E-state index is 5.61. The Labute approximate surface area is 110 Å². The average molecular weight is 245 g/mol. The summed E-state index contributed by atoms with van der Waals surface area (Å²) in [5.41, 5.74) is 4.38.